The first-order chi connectivity index (χ1) is 15.3. The van der Waals surface area contributed by atoms with Gasteiger partial charge in [-0.1, -0.05) is 132 Å². The van der Waals surface area contributed by atoms with Gasteiger partial charge in [-0.15, -0.1) is 0 Å². The molecular weight excluding hydrogens is 396 g/mol. The lowest BCUT2D eigenvalue weighted by Crippen LogP contribution is -2.63. The average molecular weight is 439 g/mol. The minimum Gasteiger partial charge on any atom is -0.388 e. The summed E-state index contributed by atoms with van der Waals surface area (Å²) in [5.41, 5.74) is 0. The van der Waals surface area contributed by atoms with Gasteiger partial charge in [-0.25, -0.2) is 0 Å². The van der Waals surface area contributed by atoms with E-state index in [-0.39, 0.29) is 0 Å². The fraction of sp³-hybridized carbons (Fsp3) is 0.500. The fourth-order valence-corrected chi connectivity index (χ4v) is 7.05. The number of rotatable bonds is 17. The Hall–Kier alpha value is -1.68. The van der Waals surface area contributed by atoms with Crippen LogP contribution in [0.1, 0.15) is 78.1 Å². The summed E-state index contributed by atoms with van der Waals surface area (Å²) >= 11 is 0. The van der Waals surface area contributed by atoms with Gasteiger partial charge in [0.2, 0.25) is 0 Å². The highest BCUT2D eigenvalue weighted by atomic mass is 28.4. The number of hydrogen-bond donors (Lipinski definition) is 0. The molecule has 0 N–H and O–H groups in total. The molecule has 0 fully saturated rings. The van der Waals surface area contributed by atoms with Crippen LogP contribution in [0.15, 0.2) is 72.8 Å². The van der Waals surface area contributed by atoms with E-state index in [2.05, 4.69) is 86.7 Å². The normalized spacial score (nSPS) is 11.9. The molecule has 170 valence electrons. The number of benzene rings is 2. The highest BCUT2D eigenvalue weighted by molar-refractivity contribution is 6.92. The third-order valence-electron chi connectivity index (χ3n) is 5.60. The van der Waals surface area contributed by atoms with E-state index in [1.165, 1.54) is 55.3 Å². The second-order valence-corrected chi connectivity index (χ2v) is 11.2. The summed E-state index contributed by atoms with van der Waals surface area (Å²) in [5.74, 6) is 0. The van der Waals surface area contributed by atoms with Crippen LogP contribution in [0.3, 0.4) is 0 Å². The molecule has 0 aliphatic heterocycles. The van der Waals surface area contributed by atoms with Gasteiger partial charge in [-0.05, 0) is 29.6 Å². The van der Waals surface area contributed by atoms with Crippen molar-refractivity contribution >= 4 is 18.9 Å². The number of hydrogen-bond acceptors (Lipinski definition) is 2. The van der Waals surface area contributed by atoms with Crippen molar-refractivity contribution in [1.82, 2.24) is 0 Å². The highest BCUT2D eigenvalue weighted by Gasteiger charge is 2.42. The third-order valence-corrected chi connectivity index (χ3v) is 9.01. The molecule has 0 atom stereocenters. The molecule has 0 aliphatic rings. The topological polar surface area (TPSA) is 18.5 Å². The van der Waals surface area contributed by atoms with Crippen molar-refractivity contribution in [2.45, 2.75) is 78.1 Å². The Bertz CT molecular complexity index is 660. The zero-order valence-electron chi connectivity index (χ0n) is 19.7. The van der Waals surface area contributed by atoms with E-state index in [1.54, 1.807) is 0 Å². The van der Waals surface area contributed by atoms with Gasteiger partial charge >= 0.3 is 8.56 Å². The van der Waals surface area contributed by atoms with Crippen LogP contribution < -0.4 is 10.4 Å². The van der Waals surface area contributed by atoms with Crippen molar-refractivity contribution < 1.29 is 8.85 Å². The molecule has 2 aromatic rings. The molecule has 0 radical (unpaired) electrons. The van der Waals surface area contributed by atoms with Crippen LogP contribution >= 0.6 is 0 Å². The van der Waals surface area contributed by atoms with Gasteiger partial charge in [-0.2, -0.15) is 0 Å². The van der Waals surface area contributed by atoms with Gasteiger partial charge in [0.1, 0.15) is 0 Å². The quantitative estimate of drug-likeness (QED) is 0.154. The molecule has 0 bridgehead atoms. The predicted octanol–water partition coefficient (Wildman–Crippen LogP) is 6.77. The molecule has 2 rings (SSSR count). The zero-order valence-corrected chi connectivity index (χ0v) is 20.7. The van der Waals surface area contributed by atoms with E-state index in [1.807, 2.05) is 0 Å². The zero-order chi connectivity index (χ0) is 22.0. The molecule has 0 aromatic heterocycles. The van der Waals surface area contributed by atoms with Crippen LogP contribution in [0.5, 0.6) is 0 Å². The standard InChI is InChI=1S/C28H42O2Si/c1-3-5-7-9-10-11-12-20-26-30-31(27-21-15-13-16-22-27,28-23-17-14-18-24-28)29-25-19-8-6-4-2/h6,8,13-18,21-24H,3-5,7,9-12,19-20,25-26H2,1-2H3/b8-6-. The first-order valence-electron chi connectivity index (χ1n) is 12.4. The molecule has 3 heteroatoms. The van der Waals surface area contributed by atoms with E-state index in [0.717, 1.165) is 25.9 Å². The molecule has 0 aliphatic carbocycles. The minimum absolute atomic E-state index is 0.684. The predicted molar refractivity (Wildman–Crippen MR) is 136 cm³/mol. The summed E-state index contributed by atoms with van der Waals surface area (Å²) in [7, 11) is -2.73. The molecule has 0 unspecified atom stereocenters. The van der Waals surface area contributed by atoms with Crippen LogP contribution in [0.4, 0.5) is 0 Å². The Balaban J connectivity index is 2.04. The summed E-state index contributed by atoms with van der Waals surface area (Å²) < 4.78 is 13.4. The summed E-state index contributed by atoms with van der Waals surface area (Å²) in [6.07, 6.45) is 16.8. The smallest absolute Gasteiger partial charge is 0.388 e. The number of unbranched alkanes of at least 4 members (excludes halogenated alkanes) is 7. The Morgan fingerprint density at radius 1 is 0.613 bits per heavy atom. The lowest BCUT2D eigenvalue weighted by atomic mass is 10.1. The number of allylic oxidation sites excluding steroid dienone is 1. The first-order valence-corrected chi connectivity index (χ1v) is 14.2. The molecule has 0 heterocycles. The van der Waals surface area contributed by atoms with Gasteiger partial charge in [0.05, 0.1) is 0 Å². The molecule has 0 amide bonds. The maximum absolute atomic E-state index is 6.75. The van der Waals surface area contributed by atoms with Gasteiger partial charge in [0.25, 0.3) is 0 Å². The highest BCUT2D eigenvalue weighted by Crippen LogP contribution is 2.14. The second-order valence-electron chi connectivity index (χ2n) is 8.19. The third kappa shape index (κ3) is 9.14. The summed E-state index contributed by atoms with van der Waals surface area (Å²) in [6.45, 7) is 5.88. The molecule has 2 aromatic carbocycles. The second kappa shape index (κ2) is 16.0. The molecule has 0 spiro atoms. The van der Waals surface area contributed by atoms with Crippen LogP contribution in [0, 0.1) is 0 Å². The van der Waals surface area contributed by atoms with Crippen LogP contribution in [0.2, 0.25) is 0 Å². The largest absolute Gasteiger partial charge is 0.407 e. The van der Waals surface area contributed by atoms with Crippen molar-refractivity contribution in [1.29, 1.82) is 0 Å². The average Bonchev–Trinajstić information content (AvgIpc) is 2.83. The van der Waals surface area contributed by atoms with E-state index in [9.17, 15) is 0 Å². The van der Waals surface area contributed by atoms with Crippen molar-refractivity contribution in [3.8, 4) is 0 Å². The first kappa shape index (κ1) is 25.6. The van der Waals surface area contributed by atoms with Crippen LogP contribution in [0.25, 0.3) is 0 Å². The summed E-state index contributed by atoms with van der Waals surface area (Å²) in [5, 5.41) is 2.39. The Labute approximate surface area is 191 Å². The maximum Gasteiger partial charge on any atom is 0.407 e. The van der Waals surface area contributed by atoms with Crippen molar-refractivity contribution in [3.05, 3.63) is 72.8 Å². The van der Waals surface area contributed by atoms with Crippen molar-refractivity contribution in [2.24, 2.45) is 0 Å². The molecule has 2 nitrogen and oxygen atoms in total. The van der Waals surface area contributed by atoms with Crippen molar-refractivity contribution in [3.63, 3.8) is 0 Å². The molecular formula is C28H42O2Si. The summed E-state index contributed by atoms with van der Waals surface area (Å²) in [4.78, 5) is 0. The molecule has 0 saturated carbocycles. The van der Waals surface area contributed by atoms with Gasteiger partial charge in [-0.3, -0.25) is 0 Å². The van der Waals surface area contributed by atoms with E-state index in [0.29, 0.717) is 6.61 Å². The molecule has 0 saturated heterocycles. The maximum atomic E-state index is 6.75. The van der Waals surface area contributed by atoms with Gasteiger partial charge in [0.15, 0.2) is 0 Å². The van der Waals surface area contributed by atoms with E-state index in [4.69, 9.17) is 8.85 Å². The lowest BCUT2D eigenvalue weighted by Gasteiger charge is -2.31. The minimum atomic E-state index is -2.73. The van der Waals surface area contributed by atoms with Crippen LogP contribution in [-0.4, -0.2) is 21.8 Å². The van der Waals surface area contributed by atoms with E-state index < -0.39 is 8.56 Å². The Kier molecular flexibility index (Phi) is 13.2. The summed E-state index contributed by atoms with van der Waals surface area (Å²) in [6, 6.07) is 21.2. The van der Waals surface area contributed by atoms with Gasteiger partial charge < -0.3 is 8.85 Å². The Morgan fingerprint density at radius 2 is 1.13 bits per heavy atom. The monoisotopic (exact) mass is 438 g/mol. The van der Waals surface area contributed by atoms with E-state index >= 15 is 0 Å². The Morgan fingerprint density at radius 3 is 1.68 bits per heavy atom. The van der Waals surface area contributed by atoms with Crippen molar-refractivity contribution in [2.75, 3.05) is 13.2 Å². The van der Waals surface area contributed by atoms with Crippen LogP contribution in [-0.2, 0) is 8.85 Å². The lowest BCUT2D eigenvalue weighted by molar-refractivity contribution is 0.190. The SMILES string of the molecule is CC/C=C\CCO[Si](OCCCCCCCCCC)(c1ccccc1)c1ccccc1. The molecule has 31 heavy (non-hydrogen) atoms. The van der Waals surface area contributed by atoms with Gasteiger partial charge in [0, 0.05) is 13.2 Å². The fourth-order valence-electron chi connectivity index (χ4n) is 3.86.